The molecule has 1 N–H and O–H groups in total. The molecule has 2 heterocycles. The van der Waals surface area contributed by atoms with Crippen LogP contribution in [0.15, 0.2) is 12.1 Å². The molecule has 2 atom stereocenters. The molecule has 17 heavy (non-hydrogen) atoms. The van der Waals surface area contributed by atoms with E-state index in [1.807, 2.05) is 6.92 Å². The van der Waals surface area contributed by atoms with Crippen molar-refractivity contribution in [3.63, 3.8) is 0 Å². The molecule has 0 aliphatic carbocycles. The molecule has 1 aliphatic heterocycles. The van der Waals surface area contributed by atoms with Gasteiger partial charge in [-0.1, -0.05) is 6.92 Å². The molecule has 0 saturated carbocycles. The monoisotopic (exact) mass is 273 g/mol. The molecule has 5 heteroatoms. The van der Waals surface area contributed by atoms with Gasteiger partial charge in [-0.05, 0) is 38.4 Å². The average molecular weight is 273 g/mol. The lowest BCUT2D eigenvalue weighted by molar-refractivity contribution is 0.576. The second kappa shape index (κ2) is 5.08. The van der Waals surface area contributed by atoms with Crippen LogP contribution in [0.3, 0.4) is 0 Å². The van der Waals surface area contributed by atoms with Crippen LogP contribution in [0.4, 0.5) is 0 Å². The number of sulfone groups is 1. The van der Waals surface area contributed by atoms with E-state index in [0.717, 1.165) is 17.8 Å². The lowest BCUT2D eigenvalue weighted by atomic mass is 10.2. The molecule has 1 fully saturated rings. The highest BCUT2D eigenvalue weighted by Crippen LogP contribution is 2.27. The van der Waals surface area contributed by atoms with E-state index in [4.69, 9.17) is 0 Å². The van der Waals surface area contributed by atoms with Gasteiger partial charge >= 0.3 is 0 Å². The lowest BCUT2D eigenvalue weighted by Gasteiger charge is -2.13. The predicted octanol–water partition coefficient (Wildman–Crippen LogP) is 2.15. The first-order chi connectivity index (χ1) is 8.03. The van der Waals surface area contributed by atoms with E-state index in [2.05, 4.69) is 24.4 Å². The Kier molecular flexibility index (Phi) is 3.90. The van der Waals surface area contributed by atoms with Crippen LogP contribution in [0.2, 0.25) is 0 Å². The molecular formula is C12H19NO2S2. The number of hydrogen-bond acceptors (Lipinski definition) is 4. The zero-order chi connectivity index (χ0) is 12.5. The third kappa shape index (κ3) is 2.89. The Hall–Kier alpha value is -0.390. The van der Waals surface area contributed by atoms with Gasteiger partial charge in [0.15, 0.2) is 9.84 Å². The fourth-order valence-corrected chi connectivity index (χ4v) is 4.75. The van der Waals surface area contributed by atoms with Crippen molar-refractivity contribution in [1.29, 1.82) is 0 Å². The van der Waals surface area contributed by atoms with Crippen LogP contribution in [-0.2, 0) is 16.3 Å². The van der Waals surface area contributed by atoms with Crippen molar-refractivity contribution in [3.05, 3.63) is 21.9 Å². The van der Waals surface area contributed by atoms with Gasteiger partial charge in [-0.25, -0.2) is 8.42 Å². The third-order valence-corrected chi connectivity index (χ3v) is 6.93. The Labute approximate surface area is 107 Å². The molecule has 2 rings (SSSR count). The fourth-order valence-electron chi connectivity index (χ4n) is 2.05. The Bertz CT molecular complexity index is 478. The first-order valence-corrected chi connectivity index (χ1v) is 8.59. The molecule has 1 aromatic heterocycles. The highest BCUT2D eigenvalue weighted by Gasteiger charge is 2.29. The molecule has 96 valence electrons. The summed E-state index contributed by atoms with van der Waals surface area (Å²) in [6, 6.07) is 4.14. The van der Waals surface area contributed by atoms with Crippen molar-refractivity contribution >= 4 is 21.2 Å². The van der Waals surface area contributed by atoms with Gasteiger partial charge in [-0.2, -0.15) is 0 Å². The summed E-state index contributed by atoms with van der Waals surface area (Å²) < 4.78 is 24.1. The highest BCUT2D eigenvalue weighted by atomic mass is 32.2. The molecule has 1 aromatic rings. The molecule has 0 amide bonds. The van der Waals surface area contributed by atoms with Gasteiger partial charge in [0, 0.05) is 9.75 Å². The average Bonchev–Trinajstić information content (AvgIpc) is 2.70. The summed E-state index contributed by atoms with van der Waals surface area (Å²) in [5.41, 5.74) is 0. The van der Waals surface area contributed by atoms with E-state index >= 15 is 0 Å². The van der Waals surface area contributed by atoms with Crippen molar-refractivity contribution in [2.45, 2.75) is 38.0 Å². The Morgan fingerprint density at radius 1 is 1.47 bits per heavy atom. The van der Waals surface area contributed by atoms with Crippen LogP contribution in [0, 0.1) is 0 Å². The van der Waals surface area contributed by atoms with Crippen molar-refractivity contribution in [3.8, 4) is 0 Å². The van der Waals surface area contributed by atoms with Gasteiger partial charge in [0.1, 0.15) is 0 Å². The van der Waals surface area contributed by atoms with Gasteiger partial charge in [-0.15, -0.1) is 11.3 Å². The van der Waals surface area contributed by atoms with E-state index in [1.54, 1.807) is 11.3 Å². The van der Waals surface area contributed by atoms with Crippen molar-refractivity contribution < 1.29 is 8.42 Å². The predicted molar refractivity (Wildman–Crippen MR) is 72.3 cm³/mol. The first kappa shape index (κ1) is 13.1. The van der Waals surface area contributed by atoms with E-state index < -0.39 is 9.84 Å². The summed E-state index contributed by atoms with van der Waals surface area (Å²) >= 11 is 1.72. The van der Waals surface area contributed by atoms with Gasteiger partial charge in [-0.3, -0.25) is 0 Å². The van der Waals surface area contributed by atoms with E-state index in [-0.39, 0.29) is 17.0 Å². The minimum absolute atomic E-state index is 0.0183. The fraction of sp³-hybridized carbons (Fsp3) is 0.667. The Morgan fingerprint density at radius 2 is 2.24 bits per heavy atom. The van der Waals surface area contributed by atoms with E-state index in [9.17, 15) is 8.42 Å². The van der Waals surface area contributed by atoms with E-state index in [1.165, 1.54) is 4.88 Å². The smallest absolute Gasteiger partial charge is 0.154 e. The zero-order valence-corrected chi connectivity index (χ0v) is 11.9. The molecule has 0 spiro atoms. The maximum atomic E-state index is 12.0. The number of nitrogens with one attached hydrogen (secondary N) is 1. The second-order valence-corrected chi connectivity index (χ2v) is 8.26. The van der Waals surface area contributed by atoms with Crippen molar-refractivity contribution in [1.82, 2.24) is 5.32 Å². The molecule has 0 bridgehead atoms. The molecule has 0 aromatic carbocycles. The summed E-state index contributed by atoms with van der Waals surface area (Å²) in [5, 5.41) is 3.14. The molecule has 1 saturated heterocycles. The normalized spacial score (nSPS) is 28.8. The number of hydrogen-bond donors (Lipinski definition) is 1. The molecule has 1 aliphatic rings. The number of rotatable bonds is 2. The molecule has 3 nitrogen and oxygen atoms in total. The van der Waals surface area contributed by atoms with Crippen LogP contribution < -0.4 is 5.32 Å². The maximum absolute atomic E-state index is 12.0. The van der Waals surface area contributed by atoms with Gasteiger partial charge in [0.05, 0.1) is 17.0 Å². The SMILES string of the molecule is CCc1ccc(C2CS(=O)(=O)C(C)CCN2)s1. The Morgan fingerprint density at radius 3 is 2.88 bits per heavy atom. The highest BCUT2D eigenvalue weighted by molar-refractivity contribution is 7.92. The minimum atomic E-state index is -2.95. The summed E-state index contributed by atoms with van der Waals surface area (Å²) in [6.45, 7) is 4.71. The second-order valence-electron chi connectivity index (χ2n) is 4.59. The third-order valence-electron chi connectivity index (χ3n) is 3.33. The summed E-state index contributed by atoms with van der Waals surface area (Å²) in [4.78, 5) is 2.47. The number of aryl methyl sites for hydroxylation is 1. The standard InChI is InChI=1S/C12H19NO2S2/c1-3-10-4-5-12(16-10)11-8-17(14,15)9(2)6-7-13-11/h4-5,9,11,13H,3,6-8H2,1-2H3. The first-order valence-electron chi connectivity index (χ1n) is 6.06. The molecular weight excluding hydrogens is 254 g/mol. The Balaban J connectivity index is 2.21. The summed E-state index contributed by atoms with van der Waals surface area (Å²) in [7, 11) is -2.95. The molecule has 2 unspecified atom stereocenters. The largest absolute Gasteiger partial charge is 0.308 e. The van der Waals surface area contributed by atoms with Crippen molar-refractivity contribution in [2.75, 3.05) is 12.3 Å². The minimum Gasteiger partial charge on any atom is -0.308 e. The van der Waals surface area contributed by atoms with Gasteiger partial charge in [0.25, 0.3) is 0 Å². The van der Waals surface area contributed by atoms with Crippen molar-refractivity contribution in [2.24, 2.45) is 0 Å². The zero-order valence-electron chi connectivity index (χ0n) is 10.3. The number of thiophene rings is 1. The summed E-state index contributed by atoms with van der Waals surface area (Å²) in [5.74, 6) is 0.234. The van der Waals surface area contributed by atoms with E-state index in [0.29, 0.717) is 6.42 Å². The lowest BCUT2D eigenvalue weighted by Crippen LogP contribution is -2.25. The van der Waals surface area contributed by atoms with Crippen LogP contribution >= 0.6 is 11.3 Å². The van der Waals surface area contributed by atoms with Crippen LogP contribution in [-0.4, -0.2) is 26.0 Å². The molecule has 0 radical (unpaired) electrons. The van der Waals surface area contributed by atoms with Crippen LogP contribution in [0.5, 0.6) is 0 Å². The van der Waals surface area contributed by atoms with Crippen LogP contribution in [0.1, 0.15) is 36.1 Å². The van der Waals surface area contributed by atoms with Crippen LogP contribution in [0.25, 0.3) is 0 Å². The topological polar surface area (TPSA) is 46.2 Å². The maximum Gasteiger partial charge on any atom is 0.154 e. The summed E-state index contributed by atoms with van der Waals surface area (Å²) in [6.07, 6.45) is 1.73. The quantitative estimate of drug-likeness (QED) is 0.898. The van der Waals surface area contributed by atoms with Gasteiger partial charge < -0.3 is 5.32 Å². The van der Waals surface area contributed by atoms with Gasteiger partial charge in [0.2, 0.25) is 0 Å².